The first-order valence-electron chi connectivity index (χ1n) is 10.8. The van der Waals surface area contributed by atoms with E-state index in [1.54, 1.807) is 35.2 Å². The summed E-state index contributed by atoms with van der Waals surface area (Å²) in [5.41, 5.74) is 0.902. The van der Waals surface area contributed by atoms with Crippen LogP contribution in [0.1, 0.15) is 24.8 Å². The first-order chi connectivity index (χ1) is 16.2. The van der Waals surface area contributed by atoms with Crippen molar-refractivity contribution in [2.75, 3.05) is 25.0 Å². The number of sulfone groups is 2. The molecule has 180 valence electrons. The molecule has 1 amide bonds. The van der Waals surface area contributed by atoms with Crippen LogP contribution >= 0.6 is 11.3 Å². The Hall–Kier alpha value is -2.76. The maximum absolute atomic E-state index is 13.4. The number of rotatable bonds is 9. The Labute approximate surface area is 203 Å². The van der Waals surface area contributed by atoms with Crippen molar-refractivity contribution in [3.63, 3.8) is 0 Å². The molecule has 1 fully saturated rings. The lowest BCUT2D eigenvalue weighted by molar-refractivity contribution is -0.127. The highest BCUT2D eigenvalue weighted by Gasteiger charge is 2.31. The summed E-state index contributed by atoms with van der Waals surface area (Å²) in [5, 5.41) is 2.92. The number of carbonyl (C=O) groups is 1. The molecule has 0 bridgehead atoms. The number of aryl methyl sites for hydroxylation is 1. The van der Waals surface area contributed by atoms with E-state index >= 15 is 0 Å². The molecule has 0 atom stereocenters. The van der Waals surface area contributed by atoms with Gasteiger partial charge in [0.05, 0.1) is 9.79 Å². The van der Waals surface area contributed by atoms with E-state index in [9.17, 15) is 21.6 Å². The maximum Gasteiger partial charge on any atom is 0.233 e. The standard InChI is InChI=1S/C23H25N3O5S3/c1-17-10-12-19(13-11-17)33(28,29)22-21(24-14-6-16-26-15-5-9-20(26)27)32-23(25-22)34(30,31)18-7-3-2-4-8-18/h2-4,7-8,10-13,24H,5-6,9,14-16H2,1H3. The van der Waals surface area contributed by atoms with Crippen LogP contribution in [0.4, 0.5) is 5.00 Å². The number of anilines is 1. The Morgan fingerprint density at radius 1 is 0.971 bits per heavy atom. The number of hydrogen-bond acceptors (Lipinski definition) is 8. The van der Waals surface area contributed by atoms with Crippen LogP contribution in [0.5, 0.6) is 0 Å². The van der Waals surface area contributed by atoms with Crippen molar-refractivity contribution in [3.05, 3.63) is 60.2 Å². The van der Waals surface area contributed by atoms with Crippen molar-refractivity contribution in [2.45, 2.75) is 45.3 Å². The lowest BCUT2D eigenvalue weighted by atomic mass is 10.2. The molecule has 8 nitrogen and oxygen atoms in total. The van der Waals surface area contributed by atoms with Crippen LogP contribution in [0.2, 0.25) is 0 Å². The fourth-order valence-corrected chi connectivity index (χ4v) is 7.98. The van der Waals surface area contributed by atoms with E-state index in [-0.39, 0.29) is 30.1 Å². The predicted octanol–water partition coefficient (Wildman–Crippen LogP) is 3.54. The zero-order valence-corrected chi connectivity index (χ0v) is 21.0. The molecule has 1 aliphatic rings. The SMILES string of the molecule is Cc1ccc(S(=O)(=O)c2nc(S(=O)(=O)c3ccccc3)sc2NCCCN2CCCC2=O)cc1. The van der Waals surface area contributed by atoms with Crippen molar-refractivity contribution < 1.29 is 21.6 Å². The van der Waals surface area contributed by atoms with Crippen molar-refractivity contribution >= 4 is 41.9 Å². The minimum Gasteiger partial charge on any atom is -0.374 e. The van der Waals surface area contributed by atoms with Crippen LogP contribution in [0.3, 0.4) is 0 Å². The number of thiazole rings is 1. The van der Waals surface area contributed by atoms with E-state index in [4.69, 9.17) is 0 Å². The summed E-state index contributed by atoms with van der Waals surface area (Å²) in [6.45, 7) is 3.50. The van der Waals surface area contributed by atoms with Crippen molar-refractivity contribution in [3.8, 4) is 0 Å². The van der Waals surface area contributed by atoms with Gasteiger partial charge in [0, 0.05) is 26.1 Å². The second kappa shape index (κ2) is 9.85. The molecule has 1 N–H and O–H groups in total. The third-order valence-corrected chi connectivity index (χ3v) is 10.5. The van der Waals surface area contributed by atoms with Gasteiger partial charge in [-0.15, -0.1) is 0 Å². The van der Waals surface area contributed by atoms with E-state index in [0.29, 0.717) is 25.9 Å². The summed E-state index contributed by atoms with van der Waals surface area (Å²) >= 11 is 0.799. The Kier molecular flexibility index (Phi) is 7.06. The minimum atomic E-state index is -4.06. The van der Waals surface area contributed by atoms with Crippen LogP contribution in [-0.4, -0.2) is 52.3 Å². The number of likely N-dealkylation sites (tertiary alicyclic amines) is 1. The molecule has 34 heavy (non-hydrogen) atoms. The average Bonchev–Trinajstić information content (AvgIpc) is 3.44. The molecule has 4 rings (SSSR count). The molecule has 3 aromatic rings. The highest BCUT2D eigenvalue weighted by molar-refractivity contribution is 7.94. The Balaban J connectivity index is 1.65. The molecule has 0 unspecified atom stereocenters. The Bertz CT molecular complexity index is 1380. The van der Waals surface area contributed by atoms with Gasteiger partial charge in [0.1, 0.15) is 5.00 Å². The fourth-order valence-electron chi connectivity index (χ4n) is 3.64. The lowest BCUT2D eigenvalue weighted by Gasteiger charge is -2.15. The highest BCUT2D eigenvalue weighted by atomic mass is 32.2. The molecule has 2 heterocycles. The van der Waals surface area contributed by atoms with Gasteiger partial charge in [-0.25, -0.2) is 21.8 Å². The van der Waals surface area contributed by atoms with E-state index in [2.05, 4.69) is 10.3 Å². The molecule has 11 heteroatoms. The first kappa shape index (κ1) is 24.4. The number of nitrogens with zero attached hydrogens (tertiary/aromatic N) is 2. The molecule has 0 aliphatic carbocycles. The molecule has 2 aromatic carbocycles. The largest absolute Gasteiger partial charge is 0.374 e. The van der Waals surface area contributed by atoms with Crippen molar-refractivity contribution in [2.24, 2.45) is 0 Å². The zero-order chi connectivity index (χ0) is 24.3. The van der Waals surface area contributed by atoms with Gasteiger partial charge in [0.25, 0.3) is 0 Å². The number of nitrogens with one attached hydrogen (secondary N) is 1. The summed E-state index contributed by atoms with van der Waals surface area (Å²) in [4.78, 5) is 17.8. The molecule has 1 saturated heterocycles. The molecule has 0 radical (unpaired) electrons. The minimum absolute atomic E-state index is 0.0396. The lowest BCUT2D eigenvalue weighted by Crippen LogP contribution is -2.27. The monoisotopic (exact) mass is 519 g/mol. The topological polar surface area (TPSA) is 114 Å². The first-order valence-corrected chi connectivity index (χ1v) is 14.6. The van der Waals surface area contributed by atoms with Gasteiger partial charge >= 0.3 is 0 Å². The van der Waals surface area contributed by atoms with Gasteiger partial charge < -0.3 is 10.2 Å². The molecule has 0 saturated carbocycles. The Morgan fingerprint density at radius 3 is 2.29 bits per heavy atom. The summed E-state index contributed by atoms with van der Waals surface area (Å²) in [6, 6.07) is 14.1. The quantitative estimate of drug-likeness (QED) is 0.430. The molecule has 1 aliphatic heterocycles. The zero-order valence-electron chi connectivity index (χ0n) is 18.6. The van der Waals surface area contributed by atoms with E-state index in [1.807, 2.05) is 6.92 Å². The Morgan fingerprint density at radius 2 is 1.65 bits per heavy atom. The maximum atomic E-state index is 13.4. The molecular formula is C23H25N3O5S3. The number of amides is 1. The summed E-state index contributed by atoms with van der Waals surface area (Å²) in [5.74, 6) is 0.122. The normalized spacial score (nSPS) is 14.5. The molecular weight excluding hydrogens is 494 g/mol. The fraction of sp³-hybridized carbons (Fsp3) is 0.304. The third kappa shape index (κ3) is 5.01. The van der Waals surface area contributed by atoms with E-state index in [0.717, 1.165) is 29.9 Å². The molecule has 0 spiro atoms. The van der Waals surface area contributed by atoms with Crippen molar-refractivity contribution in [1.82, 2.24) is 9.88 Å². The van der Waals surface area contributed by atoms with Crippen LogP contribution in [0.15, 0.2) is 73.8 Å². The smallest absolute Gasteiger partial charge is 0.233 e. The van der Waals surface area contributed by atoms with E-state index < -0.39 is 19.7 Å². The van der Waals surface area contributed by atoms with Crippen LogP contribution < -0.4 is 5.32 Å². The second-order valence-corrected chi connectivity index (χ2v) is 13.0. The van der Waals surface area contributed by atoms with Crippen LogP contribution in [-0.2, 0) is 24.5 Å². The summed E-state index contributed by atoms with van der Waals surface area (Å²) in [7, 11) is -8.05. The van der Waals surface area contributed by atoms with E-state index in [1.165, 1.54) is 24.3 Å². The van der Waals surface area contributed by atoms with Gasteiger partial charge in [-0.2, -0.15) is 0 Å². The average molecular weight is 520 g/mol. The van der Waals surface area contributed by atoms with Gasteiger partial charge in [0.15, 0.2) is 5.03 Å². The van der Waals surface area contributed by atoms with Gasteiger partial charge in [-0.3, -0.25) is 4.79 Å². The second-order valence-electron chi connectivity index (χ2n) is 8.01. The summed E-state index contributed by atoms with van der Waals surface area (Å²) < 4.78 is 52.7. The number of benzene rings is 2. The number of aromatic nitrogens is 1. The van der Waals surface area contributed by atoms with Crippen LogP contribution in [0, 0.1) is 6.92 Å². The number of carbonyl (C=O) groups excluding carboxylic acids is 1. The van der Waals surface area contributed by atoms with Gasteiger partial charge in [0.2, 0.25) is 29.9 Å². The third-order valence-electron chi connectivity index (χ3n) is 5.51. The van der Waals surface area contributed by atoms with Gasteiger partial charge in [-0.05, 0) is 44.0 Å². The molecule has 1 aromatic heterocycles. The predicted molar refractivity (Wildman–Crippen MR) is 130 cm³/mol. The van der Waals surface area contributed by atoms with Gasteiger partial charge in [-0.1, -0.05) is 47.2 Å². The van der Waals surface area contributed by atoms with Crippen molar-refractivity contribution in [1.29, 1.82) is 0 Å². The number of hydrogen-bond donors (Lipinski definition) is 1. The highest BCUT2D eigenvalue weighted by Crippen LogP contribution is 2.36. The summed E-state index contributed by atoms with van der Waals surface area (Å²) in [6.07, 6.45) is 2.00. The van der Waals surface area contributed by atoms with Crippen LogP contribution in [0.25, 0.3) is 0 Å².